The van der Waals surface area contributed by atoms with Gasteiger partial charge >= 0.3 is 0 Å². The van der Waals surface area contributed by atoms with Crippen LogP contribution < -0.4 is 5.32 Å². The van der Waals surface area contributed by atoms with E-state index in [0.717, 1.165) is 12.4 Å². The second-order valence-corrected chi connectivity index (χ2v) is 6.38. The highest BCUT2D eigenvalue weighted by molar-refractivity contribution is 7.10. The number of likely N-dealkylation sites (tertiary alicyclic amines) is 1. The Morgan fingerprint density at radius 2 is 2.14 bits per heavy atom. The van der Waals surface area contributed by atoms with E-state index in [9.17, 15) is 0 Å². The predicted molar refractivity (Wildman–Crippen MR) is 84.9 cm³/mol. The van der Waals surface area contributed by atoms with Gasteiger partial charge in [-0.1, -0.05) is 6.07 Å². The van der Waals surface area contributed by atoms with Crippen LogP contribution >= 0.6 is 11.3 Å². The summed E-state index contributed by atoms with van der Waals surface area (Å²) in [4.78, 5) is 3.95. The van der Waals surface area contributed by atoms with Gasteiger partial charge < -0.3 is 5.32 Å². The maximum Gasteiger partial charge on any atom is 0.200 e. The lowest BCUT2D eigenvalue weighted by Gasteiger charge is -2.27. The molecule has 3 aromatic rings. The second-order valence-electron chi connectivity index (χ2n) is 5.40. The van der Waals surface area contributed by atoms with E-state index in [1.54, 1.807) is 0 Å². The zero-order valence-electron chi connectivity index (χ0n) is 12.1. The molecule has 3 aromatic heterocycles. The van der Waals surface area contributed by atoms with Gasteiger partial charge in [-0.25, -0.2) is 0 Å². The summed E-state index contributed by atoms with van der Waals surface area (Å²) in [5.41, 5.74) is 0.653. The summed E-state index contributed by atoms with van der Waals surface area (Å²) in [6, 6.07) is 8.52. The molecule has 0 saturated carbocycles. The third-order valence-electron chi connectivity index (χ3n) is 4.00. The summed E-state index contributed by atoms with van der Waals surface area (Å²) in [5.74, 6) is 0.792. The standard InChI is InChI=1S/C14H17N7S/c1-2-8-20(7-1)11(12-4-3-9-22-12)10-15-13-5-6-14-16-18-19-21(14)17-13/h3-6,9,11H,1-2,7-8,10H2,(H,15,17)/t11-/m1/s1. The van der Waals surface area contributed by atoms with E-state index in [1.165, 1.54) is 35.4 Å². The number of thiophene rings is 1. The van der Waals surface area contributed by atoms with Crippen LogP contribution in [0, 0.1) is 0 Å². The lowest BCUT2D eigenvalue weighted by molar-refractivity contribution is 0.259. The maximum absolute atomic E-state index is 4.37. The molecule has 1 N–H and O–H groups in total. The van der Waals surface area contributed by atoms with Crippen LogP contribution in [-0.4, -0.2) is 49.8 Å². The van der Waals surface area contributed by atoms with Crippen molar-refractivity contribution < 1.29 is 0 Å². The first-order valence-corrected chi connectivity index (χ1v) is 8.35. The maximum atomic E-state index is 4.37. The third-order valence-corrected chi connectivity index (χ3v) is 4.97. The first-order chi connectivity index (χ1) is 10.9. The van der Waals surface area contributed by atoms with E-state index >= 15 is 0 Å². The molecule has 1 fully saturated rings. The molecule has 0 amide bonds. The van der Waals surface area contributed by atoms with Gasteiger partial charge in [0.25, 0.3) is 0 Å². The van der Waals surface area contributed by atoms with E-state index in [1.807, 2.05) is 23.5 Å². The van der Waals surface area contributed by atoms with Crippen molar-refractivity contribution in [2.45, 2.75) is 18.9 Å². The number of rotatable bonds is 5. The average molecular weight is 315 g/mol. The van der Waals surface area contributed by atoms with E-state index in [2.05, 4.69) is 48.4 Å². The topological polar surface area (TPSA) is 71.2 Å². The van der Waals surface area contributed by atoms with Crippen molar-refractivity contribution >= 4 is 22.8 Å². The molecule has 4 heterocycles. The van der Waals surface area contributed by atoms with Gasteiger partial charge in [0.05, 0.1) is 6.04 Å². The number of anilines is 1. The second kappa shape index (κ2) is 5.98. The number of fused-ring (bicyclic) bond motifs is 1. The van der Waals surface area contributed by atoms with Gasteiger partial charge in [-0.2, -0.15) is 0 Å². The van der Waals surface area contributed by atoms with Gasteiger partial charge in [0.15, 0.2) is 5.65 Å². The van der Waals surface area contributed by atoms with Crippen LogP contribution in [0.15, 0.2) is 29.6 Å². The van der Waals surface area contributed by atoms with Crippen molar-refractivity contribution in [3.63, 3.8) is 0 Å². The average Bonchev–Trinajstić information content (AvgIpc) is 3.30. The lowest BCUT2D eigenvalue weighted by atomic mass is 10.2. The molecule has 0 unspecified atom stereocenters. The van der Waals surface area contributed by atoms with Crippen molar-refractivity contribution in [2.75, 3.05) is 25.0 Å². The van der Waals surface area contributed by atoms with Gasteiger partial charge in [-0.15, -0.1) is 26.2 Å². The molecule has 114 valence electrons. The van der Waals surface area contributed by atoms with Gasteiger partial charge in [-0.05, 0) is 59.9 Å². The fourth-order valence-corrected chi connectivity index (χ4v) is 3.75. The van der Waals surface area contributed by atoms with Crippen LogP contribution in [-0.2, 0) is 0 Å². The van der Waals surface area contributed by atoms with Crippen LogP contribution in [0.2, 0.25) is 0 Å². The van der Waals surface area contributed by atoms with Crippen molar-refractivity contribution in [3.8, 4) is 0 Å². The Balaban J connectivity index is 1.51. The lowest BCUT2D eigenvalue weighted by Crippen LogP contribution is -2.30. The molecule has 1 atom stereocenters. The minimum Gasteiger partial charge on any atom is -0.367 e. The minimum atomic E-state index is 0.397. The monoisotopic (exact) mass is 315 g/mol. The molecule has 1 saturated heterocycles. The number of nitrogens with zero attached hydrogens (tertiary/aromatic N) is 6. The van der Waals surface area contributed by atoms with Crippen molar-refractivity contribution in [1.29, 1.82) is 0 Å². The van der Waals surface area contributed by atoms with Crippen LogP contribution in [0.4, 0.5) is 5.82 Å². The molecular weight excluding hydrogens is 298 g/mol. The van der Waals surface area contributed by atoms with Crippen LogP contribution in [0.1, 0.15) is 23.8 Å². The molecule has 1 aliphatic rings. The summed E-state index contributed by atoms with van der Waals surface area (Å²) in [7, 11) is 0. The first-order valence-electron chi connectivity index (χ1n) is 7.47. The summed E-state index contributed by atoms with van der Waals surface area (Å²) in [6.07, 6.45) is 2.58. The summed E-state index contributed by atoms with van der Waals surface area (Å²) < 4.78 is 1.44. The predicted octanol–water partition coefficient (Wildman–Crippen LogP) is 1.83. The van der Waals surface area contributed by atoms with Crippen LogP contribution in [0.3, 0.4) is 0 Å². The SMILES string of the molecule is c1csc([C@@H](CNc2ccc3nnnn3n2)N2CCCC2)c1. The van der Waals surface area contributed by atoms with Gasteiger partial charge in [0, 0.05) is 11.4 Å². The highest BCUT2D eigenvalue weighted by Gasteiger charge is 2.24. The summed E-state index contributed by atoms with van der Waals surface area (Å²) >= 11 is 1.82. The molecule has 4 rings (SSSR count). The Hall–Kier alpha value is -2.06. The zero-order valence-corrected chi connectivity index (χ0v) is 12.9. The minimum absolute atomic E-state index is 0.397. The number of hydrogen-bond donors (Lipinski definition) is 1. The van der Waals surface area contributed by atoms with E-state index in [-0.39, 0.29) is 0 Å². The normalized spacial score (nSPS) is 17.1. The molecule has 0 spiro atoms. The van der Waals surface area contributed by atoms with Gasteiger partial charge in [0.1, 0.15) is 5.82 Å². The number of tetrazole rings is 1. The summed E-state index contributed by atoms with van der Waals surface area (Å²) in [6.45, 7) is 3.18. The Morgan fingerprint density at radius 1 is 1.23 bits per heavy atom. The van der Waals surface area contributed by atoms with Crippen molar-refractivity contribution in [1.82, 2.24) is 30.2 Å². The molecule has 1 aliphatic heterocycles. The Labute approximate surface area is 131 Å². The van der Waals surface area contributed by atoms with Crippen molar-refractivity contribution in [3.05, 3.63) is 34.5 Å². The molecule has 0 aromatic carbocycles. The Kier molecular flexibility index (Phi) is 3.69. The van der Waals surface area contributed by atoms with E-state index in [0.29, 0.717) is 11.7 Å². The molecule has 0 bridgehead atoms. The molecule has 0 aliphatic carbocycles. The van der Waals surface area contributed by atoms with Crippen molar-refractivity contribution in [2.24, 2.45) is 0 Å². The number of aromatic nitrogens is 5. The zero-order chi connectivity index (χ0) is 14.8. The highest BCUT2D eigenvalue weighted by Crippen LogP contribution is 2.28. The van der Waals surface area contributed by atoms with Gasteiger partial charge in [0.2, 0.25) is 0 Å². The quantitative estimate of drug-likeness (QED) is 0.774. The number of hydrogen-bond acceptors (Lipinski definition) is 7. The molecule has 22 heavy (non-hydrogen) atoms. The molecule has 0 radical (unpaired) electrons. The first kappa shape index (κ1) is 13.6. The van der Waals surface area contributed by atoms with Gasteiger partial charge in [-0.3, -0.25) is 4.90 Å². The smallest absolute Gasteiger partial charge is 0.200 e. The highest BCUT2D eigenvalue weighted by atomic mass is 32.1. The summed E-state index contributed by atoms with van der Waals surface area (Å²) in [5, 5.41) is 21.2. The fourth-order valence-electron chi connectivity index (χ4n) is 2.89. The molecular formula is C14H17N7S. The fraction of sp³-hybridized carbons (Fsp3) is 0.429. The third kappa shape index (κ3) is 2.67. The molecule has 7 nitrogen and oxygen atoms in total. The molecule has 8 heteroatoms. The largest absolute Gasteiger partial charge is 0.367 e. The van der Waals surface area contributed by atoms with Crippen LogP contribution in [0.25, 0.3) is 5.65 Å². The number of nitrogens with one attached hydrogen (secondary N) is 1. The Morgan fingerprint density at radius 3 is 2.95 bits per heavy atom. The van der Waals surface area contributed by atoms with Crippen LogP contribution in [0.5, 0.6) is 0 Å². The van der Waals surface area contributed by atoms with E-state index in [4.69, 9.17) is 0 Å². The Bertz CT molecular complexity index is 733. The van der Waals surface area contributed by atoms with E-state index < -0.39 is 0 Å².